The zero-order chi connectivity index (χ0) is 43.9. The fraction of sp³-hybridized carbons (Fsp3) is 0.354. The number of piperidine rings is 1. The van der Waals surface area contributed by atoms with Crippen LogP contribution in [-0.4, -0.2) is 84.0 Å². The van der Waals surface area contributed by atoms with Crippen molar-refractivity contribution in [3.8, 4) is 38.7 Å². The molecule has 0 saturated carbocycles. The maximum Gasteiger partial charge on any atom is 0.243 e. The van der Waals surface area contributed by atoms with Crippen LogP contribution in [0.25, 0.3) is 43.2 Å². The summed E-state index contributed by atoms with van der Waals surface area (Å²) in [5, 5.41) is 38.5. The van der Waals surface area contributed by atoms with Crippen molar-refractivity contribution in [1.29, 1.82) is 0 Å². The average molecular weight is 883 g/mol. The largest absolute Gasteiger partial charge is 0.507 e. The molecule has 13 nitrogen and oxygen atoms in total. The number of nitrogens with one attached hydrogen (secondary N) is 1. The monoisotopic (exact) mass is 882 g/mol. The van der Waals surface area contributed by atoms with E-state index in [0.717, 1.165) is 74.8 Å². The van der Waals surface area contributed by atoms with Crippen LogP contribution in [-0.2, 0) is 9.59 Å². The van der Waals surface area contributed by atoms with E-state index in [1.807, 2.05) is 75.7 Å². The van der Waals surface area contributed by atoms with Crippen LogP contribution in [0.2, 0.25) is 0 Å². The summed E-state index contributed by atoms with van der Waals surface area (Å²) in [6.45, 7) is 11.6. The minimum Gasteiger partial charge on any atom is -0.507 e. The van der Waals surface area contributed by atoms with Crippen LogP contribution in [0.15, 0.2) is 89.0 Å². The summed E-state index contributed by atoms with van der Waals surface area (Å²) in [6, 6.07) is 22.2. The summed E-state index contributed by atoms with van der Waals surface area (Å²) >= 11 is 3.28. The number of phenols is 1. The van der Waals surface area contributed by atoms with Crippen molar-refractivity contribution in [3.05, 3.63) is 112 Å². The number of hydrogen-bond acceptors (Lipinski definition) is 13. The number of nitrogens with zero attached hydrogens (tertiary/aromatic N) is 7. The van der Waals surface area contributed by atoms with Crippen molar-refractivity contribution in [3.63, 3.8) is 0 Å². The van der Waals surface area contributed by atoms with Gasteiger partial charge in [0.1, 0.15) is 39.8 Å². The molecule has 2 fully saturated rings. The number of amides is 2. The molecule has 15 heteroatoms. The lowest BCUT2D eigenvalue weighted by atomic mass is 9.91. The third-order valence-electron chi connectivity index (χ3n) is 12.4. The van der Waals surface area contributed by atoms with E-state index in [1.54, 1.807) is 47.1 Å². The Morgan fingerprint density at radius 1 is 0.921 bits per heavy atom. The van der Waals surface area contributed by atoms with Gasteiger partial charge in [0.05, 0.1) is 33.9 Å². The maximum absolute atomic E-state index is 14.3. The average Bonchev–Trinajstić information content (AvgIpc) is 4.11. The molecule has 2 unspecified atom stereocenters. The predicted octanol–water partition coefficient (Wildman–Crippen LogP) is 8.82. The molecular formula is C48H50N8O5S2. The lowest BCUT2D eigenvalue weighted by Crippen LogP contribution is -2.48. The van der Waals surface area contributed by atoms with Crippen molar-refractivity contribution in [2.24, 2.45) is 5.92 Å². The Labute approximate surface area is 373 Å². The van der Waals surface area contributed by atoms with Crippen molar-refractivity contribution in [2.45, 2.75) is 83.9 Å². The van der Waals surface area contributed by atoms with E-state index in [9.17, 15) is 19.8 Å². The second kappa shape index (κ2) is 17.6. The Hall–Kier alpha value is -6.03. The number of carbonyl (C=O) groups is 2. The number of anilines is 1. The molecule has 3 N–H and O–H groups in total. The number of rotatable bonds is 11. The second-order valence-corrected chi connectivity index (χ2v) is 19.1. The number of likely N-dealkylation sites (tertiary alicyclic amines) is 1. The number of aromatic nitrogens is 5. The number of aromatic hydroxyl groups is 1. The molecule has 0 bridgehead atoms. The van der Waals surface area contributed by atoms with Gasteiger partial charge < -0.3 is 29.9 Å². The van der Waals surface area contributed by atoms with E-state index in [-0.39, 0.29) is 42.5 Å². The number of carbonyl (C=O) groups excluding carboxylic acids is 2. The number of para-hydroxylation sites is 1. The first kappa shape index (κ1) is 42.3. The van der Waals surface area contributed by atoms with E-state index in [2.05, 4.69) is 49.6 Å². The van der Waals surface area contributed by atoms with E-state index in [1.165, 1.54) is 9.78 Å². The number of thiophene rings is 1. The smallest absolute Gasteiger partial charge is 0.243 e. The molecule has 324 valence electrons. The Balaban J connectivity index is 0.840. The Morgan fingerprint density at radius 2 is 1.70 bits per heavy atom. The number of fused-ring (bicyclic) bond motifs is 1. The lowest BCUT2D eigenvalue weighted by molar-refractivity contribution is -0.141. The van der Waals surface area contributed by atoms with Crippen LogP contribution in [0.1, 0.15) is 85.4 Å². The number of benzene rings is 2. The molecule has 4 atom stereocenters. The highest BCUT2D eigenvalue weighted by molar-refractivity contribution is 7.18. The summed E-state index contributed by atoms with van der Waals surface area (Å²) in [5.41, 5.74) is 8.51. The number of phenolic OH excluding ortho intramolecular Hbond substituents is 1. The number of β-amino-alcohol motifs (C(OH)–C–C–N with tert-alkyl or cyclic N) is 1. The highest BCUT2D eigenvalue weighted by atomic mass is 32.1. The number of aliphatic hydroxyl groups is 1. The van der Waals surface area contributed by atoms with Gasteiger partial charge in [0.2, 0.25) is 11.8 Å². The molecule has 7 heterocycles. The minimum absolute atomic E-state index is 0.0563. The van der Waals surface area contributed by atoms with Gasteiger partial charge in [-0.15, -0.1) is 32.9 Å². The predicted molar refractivity (Wildman–Crippen MR) is 246 cm³/mol. The molecule has 63 heavy (non-hydrogen) atoms. The number of pyridine rings is 1. The molecular weight excluding hydrogens is 833 g/mol. The van der Waals surface area contributed by atoms with Gasteiger partial charge in [-0.05, 0) is 92.5 Å². The van der Waals surface area contributed by atoms with Crippen molar-refractivity contribution in [2.75, 3.05) is 24.5 Å². The Bertz CT molecular complexity index is 2770. The topological polar surface area (TPSA) is 171 Å². The number of thiazole rings is 1. The number of hydrogen-bond donors (Lipinski definition) is 3. The standard InChI is InChI=1S/C48H50N8O5S2/c1-26(2)43(48(60)56-24-35(57)21-39(56)46(59)51-28(4)30-10-12-32(13-11-30)44-29(5)50-25-62-44)41-22-37(54-61-41)34-18-27(3)45(49-23-34)55-16-14-31(15-17-55)42-20-33-19-38(52-53-47(33)63-42)36-8-6-7-9-40(36)58/h6-13,18-20,22-23,25-26,28,31,35,39,43,57-58H,14-17,21,24H2,1-5H3,(H,51,59)/t28?,35-,39+,43?/m1/s1. The maximum atomic E-state index is 14.3. The second-order valence-electron chi connectivity index (χ2n) is 17.1. The van der Waals surface area contributed by atoms with Crippen molar-refractivity contribution in [1.82, 2.24) is 35.5 Å². The van der Waals surface area contributed by atoms with E-state index >= 15 is 0 Å². The van der Waals surface area contributed by atoms with E-state index < -0.39 is 18.1 Å². The third kappa shape index (κ3) is 8.56. The molecule has 0 spiro atoms. The molecule has 2 aliphatic heterocycles. The molecule has 2 amide bonds. The first-order chi connectivity index (χ1) is 30.4. The first-order valence-electron chi connectivity index (χ1n) is 21.4. The SMILES string of the molecule is Cc1cc(-c2cc(C(C(=O)N3C[C@H](O)C[C@H]3C(=O)NC(C)c3ccc(-c4scnc4C)cc3)C(C)C)on2)cnc1N1CCC(c2cc3cc(-c4ccccc4O)nnc3s2)CC1. The molecule has 2 aliphatic rings. The Kier molecular flexibility index (Phi) is 11.8. The van der Waals surface area contributed by atoms with Crippen LogP contribution in [0.4, 0.5) is 5.82 Å². The minimum atomic E-state index is -0.828. The van der Waals surface area contributed by atoms with Gasteiger partial charge in [-0.2, -0.15) is 0 Å². The van der Waals surface area contributed by atoms with Gasteiger partial charge in [-0.3, -0.25) is 9.59 Å². The lowest BCUT2D eigenvalue weighted by Gasteiger charge is -2.33. The summed E-state index contributed by atoms with van der Waals surface area (Å²) in [6.07, 6.45) is 3.09. The highest BCUT2D eigenvalue weighted by Crippen LogP contribution is 2.39. The van der Waals surface area contributed by atoms with Gasteiger partial charge in [0.15, 0.2) is 0 Å². The molecule has 7 aromatic rings. The summed E-state index contributed by atoms with van der Waals surface area (Å²) in [7, 11) is 0. The summed E-state index contributed by atoms with van der Waals surface area (Å²) in [4.78, 5) is 44.5. The number of aliphatic hydroxyl groups excluding tert-OH is 1. The normalized spacial score (nSPS) is 18.0. The fourth-order valence-electron chi connectivity index (χ4n) is 9.00. The Morgan fingerprint density at radius 3 is 2.41 bits per heavy atom. The van der Waals surface area contributed by atoms with Crippen LogP contribution in [0.3, 0.4) is 0 Å². The quantitative estimate of drug-likeness (QED) is 0.113. The molecule has 0 radical (unpaired) electrons. The number of aryl methyl sites for hydroxylation is 2. The highest BCUT2D eigenvalue weighted by Gasteiger charge is 2.43. The first-order valence-corrected chi connectivity index (χ1v) is 23.1. The molecule has 2 aromatic carbocycles. The zero-order valence-electron chi connectivity index (χ0n) is 35.9. The molecule has 9 rings (SSSR count). The zero-order valence-corrected chi connectivity index (χ0v) is 37.5. The van der Waals surface area contributed by atoms with Gasteiger partial charge in [0.25, 0.3) is 0 Å². The molecule has 2 saturated heterocycles. The van der Waals surface area contributed by atoms with E-state index in [4.69, 9.17) is 9.51 Å². The van der Waals surface area contributed by atoms with Crippen LogP contribution >= 0.6 is 22.7 Å². The van der Waals surface area contributed by atoms with Crippen LogP contribution in [0.5, 0.6) is 5.75 Å². The van der Waals surface area contributed by atoms with Gasteiger partial charge in [-0.1, -0.05) is 55.4 Å². The van der Waals surface area contributed by atoms with Gasteiger partial charge in [0, 0.05) is 59.7 Å². The summed E-state index contributed by atoms with van der Waals surface area (Å²) in [5.74, 6) is 0.443. The van der Waals surface area contributed by atoms with Crippen molar-refractivity contribution < 1.29 is 24.3 Å². The molecule has 5 aromatic heterocycles. The van der Waals surface area contributed by atoms with E-state index in [0.29, 0.717) is 28.6 Å². The van der Waals surface area contributed by atoms with Crippen LogP contribution < -0.4 is 10.2 Å². The summed E-state index contributed by atoms with van der Waals surface area (Å²) < 4.78 is 5.89. The van der Waals surface area contributed by atoms with Gasteiger partial charge in [-0.25, -0.2) is 9.97 Å². The van der Waals surface area contributed by atoms with Gasteiger partial charge >= 0.3 is 0 Å². The molecule has 0 aliphatic carbocycles. The third-order valence-corrected chi connectivity index (χ3v) is 14.6. The van der Waals surface area contributed by atoms with Crippen LogP contribution in [0, 0.1) is 19.8 Å². The van der Waals surface area contributed by atoms with Crippen molar-refractivity contribution >= 4 is 50.5 Å². The fourth-order valence-corrected chi connectivity index (χ4v) is 10.9.